The summed E-state index contributed by atoms with van der Waals surface area (Å²) < 4.78 is 1.68. The molecule has 0 saturated carbocycles. The van der Waals surface area contributed by atoms with Gasteiger partial charge in [0.25, 0.3) is 5.56 Å². The van der Waals surface area contributed by atoms with Gasteiger partial charge in [0.1, 0.15) is 0 Å². The summed E-state index contributed by atoms with van der Waals surface area (Å²) in [4.78, 5) is 25.1. The van der Waals surface area contributed by atoms with E-state index in [4.69, 9.17) is 0 Å². The van der Waals surface area contributed by atoms with Crippen molar-refractivity contribution in [2.24, 2.45) is 5.92 Å². The number of anilines is 1. The minimum atomic E-state index is -0.271. The van der Waals surface area contributed by atoms with Gasteiger partial charge in [-0.05, 0) is 30.9 Å². The number of amides is 2. The quantitative estimate of drug-likeness (QED) is 0.672. The number of nitrogens with zero attached hydrogens (tertiary/aromatic N) is 1. The van der Waals surface area contributed by atoms with Crippen LogP contribution in [0.15, 0.2) is 59.5 Å². The Bertz CT molecular complexity index is 1020. The molecular weight excluding hydrogens is 350 g/mol. The van der Waals surface area contributed by atoms with E-state index in [2.05, 4.69) is 55.7 Å². The van der Waals surface area contributed by atoms with Crippen molar-refractivity contribution < 1.29 is 4.79 Å². The Morgan fingerprint density at radius 3 is 2.39 bits per heavy atom. The second-order valence-electron chi connectivity index (χ2n) is 7.56. The normalized spacial score (nSPS) is 11.0. The largest absolute Gasteiger partial charge is 0.338 e. The maximum atomic E-state index is 12.7. The van der Waals surface area contributed by atoms with Gasteiger partial charge in [0.2, 0.25) is 0 Å². The van der Waals surface area contributed by atoms with Crippen molar-refractivity contribution >= 4 is 22.5 Å². The average molecular weight is 377 g/mol. The molecule has 0 aliphatic heterocycles. The molecule has 2 N–H and O–H groups in total. The number of nitrogens with one attached hydrogen (secondary N) is 2. The zero-order valence-corrected chi connectivity index (χ0v) is 16.7. The van der Waals surface area contributed by atoms with Crippen LogP contribution in [0.4, 0.5) is 10.5 Å². The molecule has 2 amide bonds. The fourth-order valence-electron chi connectivity index (χ4n) is 3.21. The molecule has 5 nitrogen and oxygen atoms in total. The fourth-order valence-corrected chi connectivity index (χ4v) is 3.21. The number of rotatable bonds is 6. The molecule has 146 valence electrons. The van der Waals surface area contributed by atoms with Crippen molar-refractivity contribution in [1.82, 2.24) is 9.88 Å². The van der Waals surface area contributed by atoms with Gasteiger partial charge in [-0.2, -0.15) is 0 Å². The molecule has 2 aromatic carbocycles. The zero-order valence-electron chi connectivity index (χ0n) is 16.7. The molecular formula is C23H27N3O2. The van der Waals surface area contributed by atoms with Gasteiger partial charge in [-0.25, -0.2) is 4.79 Å². The van der Waals surface area contributed by atoms with Crippen molar-refractivity contribution in [3.05, 3.63) is 76.2 Å². The molecule has 0 atom stereocenters. The summed E-state index contributed by atoms with van der Waals surface area (Å²) in [6.07, 6.45) is 2.51. The second-order valence-corrected chi connectivity index (χ2v) is 7.56. The molecule has 0 radical (unpaired) electrons. The number of aryl methyl sites for hydroxylation is 1. The van der Waals surface area contributed by atoms with Gasteiger partial charge in [-0.1, -0.05) is 61.9 Å². The number of aromatic nitrogens is 1. The third kappa shape index (κ3) is 4.80. The van der Waals surface area contributed by atoms with E-state index in [0.717, 1.165) is 11.8 Å². The van der Waals surface area contributed by atoms with E-state index in [1.807, 2.05) is 18.2 Å². The van der Waals surface area contributed by atoms with Crippen LogP contribution in [0, 0.1) is 12.8 Å². The molecule has 3 aromatic rings. The highest BCUT2D eigenvalue weighted by atomic mass is 16.2. The summed E-state index contributed by atoms with van der Waals surface area (Å²) in [6.45, 7) is 7.32. The van der Waals surface area contributed by atoms with Crippen LogP contribution in [0.3, 0.4) is 0 Å². The molecule has 5 heteroatoms. The van der Waals surface area contributed by atoms with Crippen molar-refractivity contribution in [2.75, 3.05) is 11.9 Å². The van der Waals surface area contributed by atoms with E-state index in [1.165, 1.54) is 11.1 Å². The summed E-state index contributed by atoms with van der Waals surface area (Å²) >= 11 is 0. The maximum Gasteiger partial charge on any atom is 0.319 e. The van der Waals surface area contributed by atoms with Crippen molar-refractivity contribution in [3.63, 3.8) is 0 Å². The van der Waals surface area contributed by atoms with E-state index in [9.17, 15) is 9.59 Å². The smallest absolute Gasteiger partial charge is 0.319 e. The van der Waals surface area contributed by atoms with Crippen LogP contribution < -0.4 is 16.2 Å². The Labute approximate surface area is 165 Å². The Morgan fingerprint density at radius 1 is 1.04 bits per heavy atom. The predicted molar refractivity (Wildman–Crippen MR) is 115 cm³/mol. The highest BCUT2D eigenvalue weighted by Crippen LogP contribution is 2.20. The molecule has 0 aliphatic carbocycles. The fraction of sp³-hybridized carbons (Fsp3) is 0.304. The van der Waals surface area contributed by atoms with Crippen LogP contribution in [-0.2, 0) is 13.0 Å². The van der Waals surface area contributed by atoms with E-state index in [-0.39, 0.29) is 11.6 Å². The van der Waals surface area contributed by atoms with Gasteiger partial charge in [-0.3, -0.25) is 4.79 Å². The van der Waals surface area contributed by atoms with Gasteiger partial charge >= 0.3 is 6.03 Å². The Hall–Kier alpha value is -3.08. The second kappa shape index (κ2) is 8.74. The zero-order chi connectivity index (χ0) is 20.1. The lowest BCUT2D eigenvalue weighted by Gasteiger charge is -2.15. The highest BCUT2D eigenvalue weighted by molar-refractivity contribution is 6.00. The van der Waals surface area contributed by atoms with Gasteiger partial charge in [0.05, 0.1) is 5.69 Å². The molecule has 0 bridgehead atoms. The lowest BCUT2D eigenvalue weighted by Crippen LogP contribution is -2.31. The highest BCUT2D eigenvalue weighted by Gasteiger charge is 2.11. The van der Waals surface area contributed by atoms with Crippen LogP contribution >= 0.6 is 0 Å². The van der Waals surface area contributed by atoms with Crippen LogP contribution in [0.1, 0.15) is 25.0 Å². The molecule has 28 heavy (non-hydrogen) atoms. The summed E-state index contributed by atoms with van der Waals surface area (Å²) in [5.41, 5.74) is 3.01. The van der Waals surface area contributed by atoms with Crippen molar-refractivity contribution in [1.29, 1.82) is 0 Å². The predicted octanol–water partition coefficient (Wildman–Crippen LogP) is 4.33. The van der Waals surface area contributed by atoms with E-state index < -0.39 is 0 Å². The standard InChI is InChI=1S/C23H27N3O2/c1-16(2)14-26-15-21(19-6-4-5-7-20(19)22(26)27)25-23(28)24-13-12-18-10-8-17(3)9-11-18/h4-11,15-16H,12-14H2,1-3H3,(H2,24,25,28). The molecule has 0 unspecified atom stereocenters. The van der Waals surface area contributed by atoms with Crippen LogP contribution in [0.5, 0.6) is 0 Å². The lowest BCUT2D eigenvalue weighted by atomic mass is 10.1. The lowest BCUT2D eigenvalue weighted by molar-refractivity contribution is 0.252. The van der Waals surface area contributed by atoms with Crippen LogP contribution in [0.2, 0.25) is 0 Å². The molecule has 3 rings (SSSR count). The van der Waals surface area contributed by atoms with E-state index in [1.54, 1.807) is 16.8 Å². The van der Waals surface area contributed by atoms with Crippen LogP contribution in [0.25, 0.3) is 10.8 Å². The number of pyridine rings is 1. The number of fused-ring (bicyclic) bond motifs is 1. The van der Waals surface area contributed by atoms with Crippen molar-refractivity contribution in [3.8, 4) is 0 Å². The molecule has 1 heterocycles. The summed E-state index contributed by atoms with van der Waals surface area (Å²) in [5.74, 6) is 0.329. The Kier molecular flexibility index (Phi) is 6.14. The first-order chi connectivity index (χ1) is 13.4. The SMILES string of the molecule is Cc1ccc(CCNC(=O)Nc2cn(CC(C)C)c(=O)c3ccccc23)cc1. The van der Waals surface area contributed by atoms with E-state index in [0.29, 0.717) is 30.1 Å². The third-order valence-electron chi connectivity index (χ3n) is 4.62. The molecule has 0 fully saturated rings. The molecule has 0 saturated heterocycles. The van der Waals surface area contributed by atoms with E-state index >= 15 is 0 Å². The summed E-state index contributed by atoms with van der Waals surface area (Å²) in [5, 5.41) is 7.17. The molecule has 0 aliphatic rings. The van der Waals surface area contributed by atoms with Crippen LogP contribution in [-0.4, -0.2) is 17.1 Å². The maximum absolute atomic E-state index is 12.7. The number of carbonyl (C=O) groups is 1. The Morgan fingerprint density at radius 2 is 1.71 bits per heavy atom. The minimum absolute atomic E-state index is 0.0328. The number of carbonyl (C=O) groups excluding carboxylic acids is 1. The average Bonchev–Trinajstić information content (AvgIpc) is 2.67. The van der Waals surface area contributed by atoms with Gasteiger partial charge < -0.3 is 15.2 Å². The van der Waals surface area contributed by atoms with Gasteiger partial charge in [0.15, 0.2) is 0 Å². The van der Waals surface area contributed by atoms with Gasteiger partial charge in [0, 0.05) is 30.1 Å². The first-order valence-corrected chi connectivity index (χ1v) is 9.66. The van der Waals surface area contributed by atoms with Gasteiger partial charge in [-0.15, -0.1) is 0 Å². The number of benzene rings is 2. The topological polar surface area (TPSA) is 63.1 Å². The number of urea groups is 1. The first kappa shape index (κ1) is 19.7. The summed E-state index contributed by atoms with van der Waals surface area (Å²) in [7, 11) is 0. The Balaban J connectivity index is 1.73. The summed E-state index contributed by atoms with van der Waals surface area (Å²) in [6, 6.07) is 15.4. The third-order valence-corrected chi connectivity index (χ3v) is 4.62. The molecule has 1 aromatic heterocycles. The van der Waals surface area contributed by atoms with Crippen molar-refractivity contribution in [2.45, 2.75) is 33.7 Å². The number of hydrogen-bond acceptors (Lipinski definition) is 2. The molecule has 0 spiro atoms. The number of hydrogen-bond donors (Lipinski definition) is 2. The minimum Gasteiger partial charge on any atom is -0.338 e. The first-order valence-electron chi connectivity index (χ1n) is 9.66. The monoisotopic (exact) mass is 377 g/mol.